The van der Waals surface area contributed by atoms with E-state index < -0.39 is 11.8 Å². The number of amides is 2. The van der Waals surface area contributed by atoms with E-state index >= 15 is 0 Å². The maximum atomic E-state index is 12.7. The maximum Gasteiger partial charge on any atom is 0.257 e. The second-order valence-electron chi connectivity index (χ2n) is 7.10. The molecule has 0 unspecified atom stereocenters. The van der Waals surface area contributed by atoms with E-state index in [4.69, 9.17) is 28.9 Å². The molecule has 3 aromatic rings. The average Bonchev–Trinajstić information content (AvgIpc) is 3.05. The van der Waals surface area contributed by atoms with Crippen LogP contribution in [0.15, 0.2) is 48.5 Å². The first-order valence-electron chi connectivity index (χ1n) is 9.39. The number of hydrogen-bond acceptors (Lipinski definition) is 4. The zero-order valence-corrected chi connectivity index (χ0v) is 18.3. The topological polar surface area (TPSA) is 75.4 Å². The molecule has 2 heterocycles. The van der Waals surface area contributed by atoms with E-state index in [1.807, 2.05) is 18.2 Å². The van der Waals surface area contributed by atoms with Crippen LogP contribution in [0.3, 0.4) is 0 Å². The third-order valence-electron chi connectivity index (χ3n) is 5.03. The van der Waals surface area contributed by atoms with Crippen LogP contribution in [0.2, 0.25) is 10.0 Å². The van der Waals surface area contributed by atoms with Crippen molar-refractivity contribution in [3.8, 4) is 0 Å². The van der Waals surface area contributed by atoms with Crippen LogP contribution in [0.4, 0.5) is 5.00 Å². The Morgan fingerprint density at radius 1 is 1.13 bits per heavy atom. The van der Waals surface area contributed by atoms with Crippen molar-refractivity contribution >= 4 is 51.4 Å². The predicted molar refractivity (Wildman–Crippen MR) is 122 cm³/mol. The van der Waals surface area contributed by atoms with Gasteiger partial charge < -0.3 is 11.1 Å². The quantitative estimate of drug-likeness (QED) is 0.565. The van der Waals surface area contributed by atoms with Gasteiger partial charge in [-0.1, -0.05) is 53.5 Å². The molecule has 0 radical (unpaired) electrons. The fourth-order valence-electron chi connectivity index (χ4n) is 3.63. The highest BCUT2D eigenvalue weighted by Crippen LogP contribution is 2.37. The van der Waals surface area contributed by atoms with E-state index in [9.17, 15) is 9.59 Å². The molecule has 2 amide bonds. The molecule has 1 aromatic heterocycles. The van der Waals surface area contributed by atoms with Gasteiger partial charge in [0.15, 0.2) is 0 Å². The molecule has 3 N–H and O–H groups in total. The monoisotopic (exact) mass is 459 g/mol. The molecule has 0 aliphatic carbocycles. The molecule has 0 atom stereocenters. The number of nitrogens with zero attached hydrogens (tertiary/aromatic N) is 1. The molecule has 4 rings (SSSR count). The number of benzene rings is 2. The third-order valence-corrected chi connectivity index (χ3v) is 6.71. The molecular weight excluding hydrogens is 441 g/mol. The lowest BCUT2D eigenvalue weighted by atomic mass is 10.0. The molecule has 1 aliphatic heterocycles. The van der Waals surface area contributed by atoms with Crippen LogP contribution in [0, 0.1) is 0 Å². The summed E-state index contributed by atoms with van der Waals surface area (Å²) in [5.74, 6) is -0.944. The summed E-state index contributed by atoms with van der Waals surface area (Å²) in [6.45, 7) is 2.34. The lowest BCUT2D eigenvalue weighted by Gasteiger charge is -2.27. The first kappa shape index (κ1) is 20.9. The molecule has 30 heavy (non-hydrogen) atoms. The largest absolute Gasteiger partial charge is 0.365 e. The Balaban J connectivity index is 1.58. The van der Waals surface area contributed by atoms with Gasteiger partial charge in [-0.25, -0.2) is 0 Å². The average molecular weight is 460 g/mol. The van der Waals surface area contributed by atoms with Gasteiger partial charge in [-0.05, 0) is 35.7 Å². The van der Waals surface area contributed by atoms with Crippen molar-refractivity contribution in [2.24, 2.45) is 5.73 Å². The number of thiophene rings is 1. The van der Waals surface area contributed by atoms with Crippen molar-refractivity contribution in [1.29, 1.82) is 0 Å². The Morgan fingerprint density at radius 3 is 2.60 bits per heavy atom. The molecule has 5 nitrogen and oxygen atoms in total. The second kappa shape index (κ2) is 8.78. The number of primary amides is 1. The van der Waals surface area contributed by atoms with E-state index in [1.165, 1.54) is 23.0 Å². The molecule has 0 saturated carbocycles. The van der Waals surface area contributed by atoms with Gasteiger partial charge in [-0.15, -0.1) is 11.3 Å². The summed E-state index contributed by atoms with van der Waals surface area (Å²) < 4.78 is 0. The van der Waals surface area contributed by atoms with Gasteiger partial charge >= 0.3 is 0 Å². The van der Waals surface area contributed by atoms with Crippen LogP contribution in [-0.2, 0) is 19.5 Å². The Labute approximate surface area is 188 Å². The van der Waals surface area contributed by atoms with Crippen molar-refractivity contribution in [1.82, 2.24) is 4.90 Å². The third kappa shape index (κ3) is 4.37. The number of carbonyl (C=O) groups excluding carboxylic acids is 2. The van der Waals surface area contributed by atoms with Gasteiger partial charge in [0.2, 0.25) is 0 Å². The molecule has 154 valence electrons. The number of halogens is 2. The summed E-state index contributed by atoms with van der Waals surface area (Å²) in [7, 11) is 0. The summed E-state index contributed by atoms with van der Waals surface area (Å²) >= 11 is 13.5. The highest BCUT2D eigenvalue weighted by atomic mass is 35.5. The standard InChI is InChI=1S/C22H19Cl2N3O2S/c23-14-6-7-15(17(24)10-14)21(29)26-22-19(20(25)28)16-8-9-27(12-18(16)30-22)11-13-4-2-1-3-5-13/h1-7,10H,8-9,11-12H2,(H2,25,28)(H,26,29). The van der Waals surface area contributed by atoms with Crippen molar-refractivity contribution in [2.45, 2.75) is 19.5 Å². The molecule has 8 heteroatoms. The van der Waals surface area contributed by atoms with E-state index in [2.05, 4.69) is 22.3 Å². The minimum absolute atomic E-state index is 0.246. The Bertz CT molecular complexity index is 1120. The number of anilines is 1. The minimum Gasteiger partial charge on any atom is -0.365 e. The molecule has 2 aromatic carbocycles. The smallest absolute Gasteiger partial charge is 0.257 e. The van der Waals surface area contributed by atoms with Gasteiger partial charge in [0.25, 0.3) is 11.8 Å². The summed E-state index contributed by atoms with van der Waals surface area (Å²) in [4.78, 5) is 28.3. The Morgan fingerprint density at radius 2 is 1.90 bits per heavy atom. The normalized spacial score (nSPS) is 13.7. The van der Waals surface area contributed by atoms with E-state index in [0.717, 1.165) is 23.5 Å². The van der Waals surface area contributed by atoms with Gasteiger partial charge in [-0.3, -0.25) is 14.5 Å². The van der Waals surface area contributed by atoms with Gasteiger partial charge in [0, 0.05) is 29.5 Å². The van der Waals surface area contributed by atoms with Crippen LogP contribution >= 0.6 is 34.5 Å². The summed E-state index contributed by atoms with van der Waals surface area (Å²) in [6, 6.07) is 14.9. The molecule has 0 saturated heterocycles. The number of hydrogen-bond donors (Lipinski definition) is 2. The highest BCUT2D eigenvalue weighted by Gasteiger charge is 2.28. The fraction of sp³-hybridized carbons (Fsp3) is 0.182. The van der Waals surface area contributed by atoms with Crippen molar-refractivity contribution < 1.29 is 9.59 Å². The van der Waals surface area contributed by atoms with Crippen molar-refractivity contribution in [3.05, 3.63) is 85.7 Å². The zero-order valence-electron chi connectivity index (χ0n) is 16.0. The summed E-state index contributed by atoms with van der Waals surface area (Å²) in [5.41, 5.74) is 8.51. The fourth-order valence-corrected chi connectivity index (χ4v) is 5.41. The first-order chi connectivity index (χ1) is 14.4. The van der Waals surface area contributed by atoms with Crippen LogP contribution in [0.5, 0.6) is 0 Å². The molecule has 1 aliphatic rings. The predicted octanol–water partition coefficient (Wildman–Crippen LogP) is 4.96. The van der Waals surface area contributed by atoms with E-state index in [0.29, 0.717) is 28.6 Å². The number of rotatable bonds is 5. The molecule has 0 bridgehead atoms. The van der Waals surface area contributed by atoms with Crippen molar-refractivity contribution in [2.75, 3.05) is 11.9 Å². The minimum atomic E-state index is -0.540. The van der Waals surface area contributed by atoms with Crippen LogP contribution in [0.25, 0.3) is 0 Å². The van der Waals surface area contributed by atoms with E-state index in [-0.39, 0.29) is 10.6 Å². The maximum absolute atomic E-state index is 12.7. The van der Waals surface area contributed by atoms with Crippen LogP contribution in [0.1, 0.15) is 36.7 Å². The van der Waals surface area contributed by atoms with E-state index in [1.54, 1.807) is 12.1 Å². The lowest BCUT2D eigenvalue weighted by molar-refractivity contribution is 0.0999. The SMILES string of the molecule is NC(=O)c1c(NC(=O)c2ccc(Cl)cc2Cl)sc2c1CCN(Cc1ccccc1)C2. The molecular formula is C22H19Cl2N3O2S. The summed E-state index contributed by atoms with van der Waals surface area (Å²) in [5, 5.41) is 3.98. The van der Waals surface area contributed by atoms with Gasteiger partial charge in [0.1, 0.15) is 5.00 Å². The lowest BCUT2D eigenvalue weighted by Crippen LogP contribution is -2.30. The van der Waals surface area contributed by atoms with Gasteiger partial charge in [-0.2, -0.15) is 0 Å². The summed E-state index contributed by atoms with van der Waals surface area (Å²) in [6.07, 6.45) is 0.703. The van der Waals surface area contributed by atoms with Crippen LogP contribution < -0.4 is 11.1 Å². The number of fused-ring (bicyclic) bond motifs is 1. The number of nitrogens with two attached hydrogens (primary N) is 1. The number of nitrogens with one attached hydrogen (secondary N) is 1. The Kier molecular flexibility index (Phi) is 6.11. The number of carbonyl (C=O) groups is 2. The zero-order chi connectivity index (χ0) is 21.3. The van der Waals surface area contributed by atoms with Gasteiger partial charge in [0.05, 0.1) is 16.1 Å². The van der Waals surface area contributed by atoms with Crippen molar-refractivity contribution in [3.63, 3.8) is 0 Å². The first-order valence-corrected chi connectivity index (χ1v) is 11.0. The molecule has 0 spiro atoms. The molecule has 0 fully saturated rings. The second-order valence-corrected chi connectivity index (χ2v) is 9.05. The van der Waals surface area contributed by atoms with Crippen LogP contribution in [-0.4, -0.2) is 23.3 Å². The highest BCUT2D eigenvalue weighted by molar-refractivity contribution is 7.17. The Hall–Kier alpha value is -2.38.